The molecule has 1 aliphatic rings. The molecular weight excluding hydrogens is 392 g/mol. The van der Waals surface area contributed by atoms with E-state index in [1.807, 2.05) is 35.7 Å². The first kappa shape index (κ1) is 17.5. The lowest BCUT2D eigenvalue weighted by Crippen LogP contribution is -2.32. The minimum Gasteiger partial charge on any atom is -0.454 e. The van der Waals surface area contributed by atoms with Gasteiger partial charge in [-0.3, -0.25) is 9.59 Å². The van der Waals surface area contributed by atoms with E-state index < -0.39 is 0 Å². The van der Waals surface area contributed by atoms with Crippen LogP contribution in [0.5, 0.6) is 11.5 Å². The highest BCUT2D eigenvalue weighted by Crippen LogP contribution is 2.35. The molecule has 1 aromatic carbocycles. The first-order valence-electron chi connectivity index (χ1n) is 8.95. The zero-order valence-corrected chi connectivity index (χ0v) is 16.0. The van der Waals surface area contributed by atoms with Crippen molar-refractivity contribution >= 4 is 22.8 Å². The van der Waals surface area contributed by atoms with Gasteiger partial charge in [0.25, 0.3) is 5.56 Å². The summed E-state index contributed by atoms with van der Waals surface area (Å²) in [6.45, 7) is 0.600. The second kappa shape index (κ2) is 7.10. The van der Waals surface area contributed by atoms with Gasteiger partial charge in [0, 0.05) is 22.8 Å². The SMILES string of the molecule is O=C(Cn1ccn2nc(-c3ccc4c(c3)OCO4)cc2c1=O)NCc1cccs1. The molecule has 1 amide bonds. The van der Waals surface area contributed by atoms with Crippen LogP contribution in [0.4, 0.5) is 0 Å². The Morgan fingerprint density at radius 1 is 1.17 bits per heavy atom. The highest BCUT2D eigenvalue weighted by atomic mass is 32.1. The molecule has 0 atom stereocenters. The van der Waals surface area contributed by atoms with Crippen LogP contribution in [0.15, 0.2) is 59.0 Å². The number of rotatable bonds is 5. The zero-order chi connectivity index (χ0) is 19.8. The molecule has 0 radical (unpaired) electrons. The summed E-state index contributed by atoms with van der Waals surface area (Å²) >= 11 is 1.57. The maximum Gasteiger partial charge on any atom is 0.277 e. The molecule has 5 rings (SSSR count). The van der Waals surface area contributed by atoms with Crippen molar-refractivity contribution in [2.75, 3.05) is 6.79 Å². The number of nitrogens with one attached hydrogen (secondary N) is 1. The lowest BCUT2D eigenvalue weighted by Gasteiger charge is -2.06. The Balaban J connectivity index is 1.38. The fourth-order valence-electron chi connectivity index (χ4n) is 3.16. The predicted octanol–water partition coefficient (Wildman–Crippen LogP) is 2.27. The van der Waals surface area contributed by atoms with Gasteiger partial charge in [0.2, 0.25) is 12.7 Å². The summed E-state index contributed by atoms with van der Waals surface area (Å²) in [5.41, 5.74) is 1.57. The normalized spacial score (nSPS) is 12.4. The molecule has 0 saturated carbocycles. The monoisotopic (exact) mass is 408 g/mol. The first-order chi connectivity index (χ1) is 14.2. The second-order valence-corrected chi connectivity index (χ2v) is 7.55. The number of amides is 1. The van der Waals surface area contributed by atoms with Gasteiger partial charge < -0.3 is 19.4 Å². The third kappa shape index (κ3) is 3.36. The van der Waals surface area contributed by atoms with Crippen LogP contribution in [0.25, 0.3) is 16.8 Å². The Labute approximate surface area is 168 Å². The van der Waals surface area contributed by atoms with Gasteiger partial charge in [-0.15, -0.1) is 11.3 Å². The van der Waals surface area contributed by atoms with Crippen LogP contribution in [0, 0.1) is 0 Å². The van der Waals surface area contributed by atoms with Crippen molar-refractivity contribution < 1.29 is 14.3 Å². The number of nitrogens with zero attached hydrogens (tertiary/aromatic N) is 3. The molecule has 3 aromatic heterocycles. The van der Waals surface area contributed by atoms with E-state index >= 15 is 0 Å². The number of aromatic nitrogens is 3. The van der Waals surface area contributed by atoms with E-state index in [9.17, 15) is 9.59 Å². The van der Waals surface area contributed by atoms with Crippen LogP contribution in [0.3, 0.4) is 0 Å². The van der Waals surface area contributed by atoms with Crippen molar-refractivity contribution in [2.24, 2.45) is 0 Å². The standard InChI is InChI=1S/C20H16N4O4S/c25-19(21-10-14-2-1-7-29-14)11-23-5-6-24-16(20(23)26)9-15(22-24)13-3-4-17-18(8-13)28-12-27-17/h1-9H,10-12H2,(H,21,25). The van der Waals surface area contributed by atoms with Crippen molar-refractivity contribution in [3.8, 4) is 22.8 Å². The average Bonchev–Trinajstić information content (AvgIpc) is 3.48. The van der Waals surface area contributed by atoms with Crippen molar-refractivity contribution in [1.82, 2.24) is 19.5 Å². The van der Waals surface area contributed by atoms with E-state index in [0.717, 1.165) is 10.4 Å². The third-order valence-electron chi connectivity index (χ3n) is 4.63. The molecule has 9 heteroatoms. The first-order valence-corrected chi connectivity index (χ1v) is 9.83. The van der Waals surface area contributed by atoms with Gasteiger partial charge in [0.1, 0.15) is 12.1 Å². The highest BCUT2D eigenvalue weighted by Gasteiger charge is 2.16. The summed E-state index contributed by atoms with van der Waals surface area (Å²) in [4.78, 5) is 26.1. The Kier molecular flexibility index (Phi) is 4.28. The van der Waals surface area contributed by atoms with Gasteiger partial charge in [-0.2, -0.15) is 5.10 Å². The average molecular weight is 408 g/mol. The van der Waals surface area contributed by atoms with Crippen LogP contribution in [-0.2, 0) is 17.9 Å². The summed E-state index contributed by atoms with van der Waals surface area (Å²) < 4.78 is 13.6. The Morgan fingerprint density at radius 3 is 2.93 bits per heavy atom. The van der Waals surface area contributed by atoms with Gasteiger partial charge in [0.15, 0.2) is 11.5 Å². The van der Waals surface area contributed by atoms with E-state index in [0.29, 0.717) is 29.3 Å². The summed E-state index contributed by atoms with van der Waals surface area (Å²) in [5, 5.41) is 9.25. The number of ether oxygens (including phenoxy) is 2. The van der Waals surface area contributed by atoms with Gasteiger partial charge in [-0.05, 0) is 35.7 Å². The number of hydrogen-bond donors (Lipinski definition) is 1. The summed E-state index contributed by atoms with van der Waals surface area (Å²) in [5.74, 6) is 1.12. The molecule has 4 aromatic rings. The fourth-order valence-corrected chi connectivity index (χ4v) is 3.80. The third-order valence-corrected chi connectivity index (χ3v) is 5.50. The molecule has 0 bridgehead atoms. The fraction of sp³-hybridized carbons (Fsp3) is 0.150. The predicted molar refractivity (Wildman–Crippen MR) is 107 cm³/mol. The van der Waals surface area contributed by atoms with Crippen LogP contribution in [0.2, 0.25) is 0 Å². The topological polar surface area (TPSA) is 86.9 Å². The lowest BCUT2D eigenvalue weighted by atomic mass is 10.1. The smallest absolute Gasteiger partial charge is 0.277 e. The summed E-state index contributed by atoms with van der Waals surface area (Å²) in [6.07, 6.45) is 3.23. The molecular formula is C20H16N4O4S. The quantitative estimate of drug-likeness (QED) is 0.547. The van der Waals surface area contributed by atoms with Crippen molar-refractivity contribution in [2.45, 2.75) is 13.1 Å². The number of carbonyl (C=O) groups is 1. The van der Waals surface area contributed by atoms with E-state index in [2.05, 4.69) is 10.4 Å². The Hall–Kier alpha value is -3.59. The van der Waals surface area contributed by atoms with Crippen LogP contribution in [0.1, 0.15) is 4.88 Å². The molecule has 1 N–H and O–H groups in total. The van der Waals surface area contributed by atoms with Gasteiger partial charge in [-0.25, -0.2) is 4.52 Å². The second-order valence-electron chi connectivity index (χ2n) is 6.51. The van der Waals surface area contributed by atoms with Gasteiger partial charge in [0.05, 0.1) is 12.2 Å². The largest absolute Gasteiger partial charge is 0.454 e. The number of carbonyl (C=O) groups excluding carboxylic acids is 1. The number of fused-ring (bicyclic) bond motifs is 2. The van der Waals surface area contributed by atoms with E-state index in [1.54, 1.807) is 29.8 Å². The van der Waals surface area contributed by atoms with Crippen LogP contribution < -0.4 is 20.3 Å². The molecule has 8 nitrogen and oxygen atoms in total. The minimum atomic E-state index is -0.279. The Morgan fingerprint density at radius 2 is 2.07 bits per heavy atom. The molecule has 29 heavy (non-hydrogen) atoms. The zero-order valence-electron chi connectivity index (χ0n) is 15.2. The van der Waals surface area contributed by atoms with Crippen LogP contribution >= 0.6 is 11.3 Å². The lowest BCUT2D eigenvalue weighted by molar-refractivity contribution is -0.121. The molecule has 4 heterocycles. The van der Waals surface area contributed by atoms with Crippen LogP contribution in [-0.4, -0.2) is 26.9 Å². The number of hydrogen-bond acceptors (Lipinski definition) is 6. The van der Waals surface area contributed by atoms with E-state index in [1.165, 1.54) is 9.08 Å². The molecule has 0 fully saturated rings. The Bertz CT molecular complexity index is 1260. The van der Waals surface area contributed by atoms with E-state index in [-0.39, 0.29) is 24.8 Å². The summed E-state index contributed by atoms with van der Waals surface area (Å²) in [6, 6.07) is 11.1. The maximum atomic E-state index is 12.8. The molecule has 0 aliphatic carbocycles. The van der Waals surface area contributed by atoms with Crippen molar-refractivity contribution in [3.05, 3.63) is 69.4 Å². The molecule has 0 unspecified atom stereocenters. The highest BCUT2D eigenvalue weighted by molar-refractivity contribution is 7.09. The molecule has 146 valence electrons. The van der Waals surface area contributed by atoms with Crippen molar-refractivity contribution in [1.29, 1.82) is 0 Å². The van der Waals surface area contributed by atoms with Gasteiger partial charge in [-0.1, -0.05) is 6.07 Å². The number of thiophene rings is 1. The van der Waals surface area contributed by atoms with E-state index in [4.69, 9.17) is 9.47 Å². The minimum absolute atomic E-state index is 0.0504. The van der Waals surface area contributed by atoms with Crippen molar-refractivity contribution in [3.63, 3.8) is 0 Å². The summed E-state index contributed by atoms with van der Waals surface area (Å²) in [7, 11) is 0. The van der Waals surface area contributed by atoms with Gasteiger partial charge >= 0.3 is 0 Å². The molecule has 1 aliphatic heterocycles. The number of benzene rings is 1. The molecule has 0 saturated heterocycles. The maximum absolute atomic E-state index is 12.8. The molecule has 0 spiro atoms.